The molecular weight excluding hydrogens is 431 g/mol. The van der Waals surface area contributed by atoms with E-state index in [-0.39, 0.29) is 12.3 Å². The van der Waals surface area contributed by atoms with Gasteiger partial charge in [-0.25, -0.2) is 0 Å². The fourth-order valence-electron chi connectivity index (χ4n) is 2.47. The average molecular weight is 459 g/mol. The number of aliphatic imine (C=N–C) groups is 1. The van der Waals surface area contributed by atoms with Crippen LogP contribution in [-0.2, 0) is 34.9 Å². The summed E-state index contributed by atoms with van der Waals surface area (Å²) in [5.41, 5.74) is -0.417. The second kappa shape index (κ2) is 11.6. The topological polar surface area (TPSA) is 87.9 Å². The van der Waals surface area contributed by atoms with Gasteiger partial charge in [0.15, 0.2) is 14.2 Å². The zero-order valence-corrected chi connectivity index (χ0v) is 19.5. The van der Waals surface area contributed by atoms with Crippen molar-refractivity contribution in [2.24, 2.45) is 10.1 Å². The molecule has 0 radical (unpaired) electrons. The monoisotopic (exact) mass is 458 g/mol. The third-order valence-corrected chi connectivity index (χ3v) is 5.80. The Balaban J connectivity index is 2.17. The highest BCUT2D eigenvalue weighted by molar-refractivity contribution is 7.49. The molecule has 1 aliphatic heterocycles. The van der Waals surface area contributed by atoms with E-state index in [2.05, 4.69) is 10.1 Å². The van der Waals surface area contributed by atoms with Crippen molar-refractivity contribution in [3.05, 3.63) is 34.9 Å². The van der Waals surface area contributed by atoms with Crippen molar-refractivity contribution < 1.29 is 28.5 Å². The van der Waals surface area contributed by atoms with Gasteiger partial charge < -0.3 is 13.8 Å². The molecule has 0 N–H and O–H groups in total. The van der Waals surface area contributed by atoms with Crippen molar-refractivity contribution in [1.29, 1.82) is 0 Å². The van der Waals surface area contributed by atoms with Crippen LogP contribution in [0.25, 0.3) is 0 Å². The zero-order valence-electron chi connectivity index (χ0n) is 17.9. The first kappa shape index (κ1) is 24.5. The number of ether oxygens (including phenoxy) is 1. The summed E-state index contributed by atoms with van der Waals surface area (Å²) in [5, 5.41) is 4.47. The van der Waals surface area contributed by atoms with E-state index in [4.69, 9.17) is 35.3 Å². The molecule has 0 aromatic heterocycles. The molecule has 30 heavy (non-hydrogen) atoms. The summed E-state index contributed by atoms with van der Waals surface area (Å²) < 4.78 is 17.0. The minimum absolute atomic E-state index is 0.0975. The van der Waals surface area contributed by atoms with Gasteiger partial charge in [-0.3, -0.25) is 9.68 Å². The van der Waals surface area contributed by atoms with Crippen LogP contribution in [0.5, 0.6) is 0 Å². The van der Waals surface area contributed by atoms with Crippen molar-refractivity contribution in [2.75, 3.05) is 13.2 Å². The molecule has 0 fully saturated rings. The number of halogens is 1. The Morgan fingerprint density at radius 2 is 1.80 bits per heavy atom. The molecular formula is C20H28ClN2O6P. The van der Waals surface area contributed by atoms with Crippen LogP contribution < -0.4 is 0 Å². The first-order valence-electron chi connectivity index (χ1n) is 9.72. The van der Waals surface area contributed by atoms with Gasteiger partial charge >= 0.3 is 5.97 Å². The van der Waals surface area contributed by atoms with Gasteiger partial charge in [-0.15, -0.1) is 0 Å². The summed E-state index contributed by atoms with van der Waals surface area (Å²) in [4.78, 5) is 27.3. The minimum Gasteiger partial charge on any atom is -0.459 e. The van der Waals surface area contributed by atoms with E-state index < -0.39 is 25.6 Å². The Labute approximate surface area is 183 Å². The molecule has 1 aromatic rings. The quantitative estimate of drug-likeness (QED) is 0.277. The Kier molecular flexibility index (Phi) is 9.49. The fourth-order valence-corrected chi connectivity index (χ4v) is 4.07. The lowest BCUT2D eigenvalue weighted by atomic mass is 10.1. The summed E-state index contributed by atoms with van der Waals surface area (Å²) in [5.74, 6) is 0.180. The smallest absolute Gasteiger partial charge is 0.319 e. The molecule has 0 spiro atoms. The summed E-state index contributed by atoms with van der Waals surface area (Å²) in [7, 11) is -1.55. The summed E-state index contributed by atoms with van der Waals surface area (Å²) in [6, 6.07) is 7.33. The normalized spacial score (nSPS) is 15.0. The van der Waals surface area contributed by atoms with Gasteiger partial charge in [-0.2, -0.15) is 9.98 Å². The lowest BCUT2D eigenvalue weighted by Crippen LogP contribution is -2.34. The van der Waals surface area contributed by atoms with Gasteiger partial charge in [0, 0.05) is 11.4 Å². The number of hydrogen-bond acceptors (Lipinski definition) is 8. The largest absolute Gasteiger partial charge is 0.459 e. The Bertz CT molecular complexity index is 758. The highest BCUT2D eigenvalue weighted by Crippen LogP contribution is 2.46. The van der Waals surface area contributed by atoms with E-state index in [9.17, 15) is 4.79 Å². The molecule has 10 heteroatoms. The van der Waals surface area contributed by atoms with E-state index in [0.717, 1.165) is 5.56 Å². The third-order valence-electron chi connectivity index (χ3n) is 3.62. The molecule has 0 saturated heterocycles. The van der Waals surface area contributed by atoms with Crippen LogP contribution in [0.2, 0.25) is 5.02 Å². The maximum atomic E-state index is 12.9. The molecule has 0 saturated carbocycles. The van der Waals surface area contributed by atoms with E-state index in [0.29, 0.717) is 30.5 Å². The highest BCUT2D eigenvalue weighted by atomic mass is 35.5. The average Bonchev–Trinajstić information content (AvgIpc) is 2.67. The molecule has 1 unspecified atom stereocenters. The fraction of sp³-hybridized carbons (Fsp3) is 0.550. The number of benzene rings is 1. The molecule has 0 aliphatic carbocycles. The number of hydrogen-bond donors (Lipinski definition) is 0. The molecule has 1 aliphatic rings. The molecule has 1 heterocycles. The third kappa shape index (κ3) is 8.19. The molecule has 2 rings (SSSR count). The number of carbonyl (C=O) groups is 1. The van der Waals surface area contributed by atoms with Crippen LogP contribution >= 0.6 is 20.0 Å². The van der Waals surface area contributed by atoms with Crippen LogP contribution in [0.3, 0.4) is 0 Å². The minimum atomic E-state index is -1.55. The number of esters is 1. The molecule has 1 atom stereocenters. The van der Waals surface area contributed by atoms with Gasteiger partial charge in [-0.05, 0) is 57.5 Å². The summed E-state index contributed by atoms with van der Waals surface area (Å²) in [6.45, 7) is 9.90. The van der Waals surface area contributed by atoms with Gasteiger partial charge in [0.25, 0.3) is 5.90 Å². The van der Waals surface area contributed by atoms with Crippen LogP contribution in [0, 0.1) is 0 Å². The number of rotatable bonds is 10. The van der Waals surface area contributed by atoms with Crippen molar-refractivity contribution in [1.82, 2.24) is 0 Å². The van der Waals surface area contributed by atoms with Gasteiger partial charge in [0.05, 0.1) is 19.6 Å². The van der Waals surface area contributed by atoms with Crippen molar-refractivity contribution in [2.45, 2.75) is 58.7 Å². The van der Waals surface area contributed by atoms with Gasteiger partial charge in [0.1, 0.15) is 11.3 Å². The highest BCUT2D eigenvalue weighted by Gasteiger charge is 2.37. The van der Waals surface area contributed by atoms with Crippen LogP contribution in [0.15, 0.2) is 34.4 Å². The predicted molar refractivity (Wildman–Crippen MR) is 117 cm³/mol. The maximum absolute atomic E-state index is 12.9. The molecule has 0 bridgehead atoms. The summed E-state index contributed by atoms with van der Waals surface area (Å²) >= 11 is 5.92. The predicted octanol–water partition coefficient (Wildman–Crippen LogP) is 5.04. The number of carbonyl (C=O) groups excluding carboxylic acids is 1. The number of oxime groups is 1. The van der Waals surface area contributed by atoms with Crippen LogP contribution in [0.1, 0.15) is 46.6 Å². The van der Waals surface area contributed by atoms with Crippen molar-refractivity contribution in [3.63, 3.8) is 0 Å². The van der Waals surface area contributed by atoms with Crippen molar-refractivity contribution >= 4 is 37.7 Å². The lowest BCUT2D eigenvalue weighted by molar-refractivity contribution is -0.227. The standard InChI is InChI=1S/C20H28ClN2O6P/c1-6-25-30(26-7-2)16(19(24)27-20(3,4)5)13-18-22-17(23-29-28-18)12-14-8-10-15(21)11-9-14/h8-11,16H,6-7,12-13H2,1-5H3. The number of amidine groups is 1. The molecule has 8 nitrogen and oxygen atoms in total. The first-order chi connectivity index (χ1) is 14.2. The Morgan fingerprint density at radius 1 is 1.17 bits per heavy atom. The lowest BCUT2D eigenvalue weighted by Gasteiger charge is -2.28. The van der Waals surface area contributed by atoms with Gasteiger partial charge in [0.2, 0.25) is 0 Å². The zero-order chi connectivity index (χ0) is 22.1. The SMILES string of the molecule is CCOP(OCC)C(CC1=NC(Cc2ccc(Cl)cc2)=NOO1)C(=O)OC(C)(C)C. The summed E-state index contributed by atoms with van der Waals surface area (Å²) in [6.07, 6.45) is 0.521. The van der Waals surface area contributed by atoms with E-state index in [1.54, 1.807) is 32.9 Å². The van der Waals surface area contributed by atoms with E-state index >= 15 is 0 Å². The van der Waals surface area contributed by atoms with Crippen molar-refractivity contribution in [3.8, 4) is 0 Å². The Morgan fingerprint density at radius 3 is 2.37 bits per heavy atom. The molecule has 0 amide bonds. The molecule has 166 valence electrons. The van der Waals surface area contributed by atoms with Crippen LogP contribution in [-0.4, -0.2) is 42.2 Å². The second-order valence-corrected chi connectivity index (χ2v) is 9.50. The Hall–Kier alpha value is -1.73. The van der Waals surface area contributed by atoms with Crippen LogP contribution in [0.4, 0.5) is 0 Å². The van der Waals surface area contributed by atoms with E-state index in [1.165, 1.54) is 0 Å². The second-order valence-electron chi connectivity index (χ2n) is 7.35. The van der Waals surface area contributed by atoms with Gasteiger partial charge in [-0.1, -0.05) is 23.7 Å². The number of nitrogens with zero attached hydrogens (tertiary/aromatic N) is 2. The van der Waals surface area contributed by atoms with E-state index in [1.807, 2.05) is 26.0 Å². The first-order valence-corrected chi connectivity index (χ1v) is 11.3. The molecule has 1 aromatic carbocycles. The maximum Gasteiger partial charge on any atom is 0.319 e.